The first kappa shape index (κ1) is 23.1. The molecular formula is C20H23O7P. The molecule has 0 fully saturated rings. The van der Waals surface area contributed by atoms with E-state index in [9.17, 15) is 9.59 Å². The van der Waals surface area contributed by atoms with Gasteiger partial charge in [0, 0.05) is 12.1 Å². The van der Waals surface area contributed by atoms with Gasteiger partial charge >= 0.3 is 5.97 Å². The molecule has 7 nitrogen and oxygen atoms in total. The van der Waals surface area contributed by atoms with E-state index < -0.39 is 17.7 Å². The van der Waals surface area contributed by atoms with Crippen molar-refractivity contribution in [3.63, 3.8) is 0 Å². The van der Waals surface area contributed by atoms with Crippen LogP contribution < -0.4 is 14.2 Å². The van der Waals surface area contributed by atoms with Crippen molar-refractivity contribution in [1.29, 1.82) is 0 Å². The Kier molecular flexibility index (Phi) is 9.68. The predicted octanol–water partition coefficient (Wildman–Crippen LogP) is 3.72. The fraction of sp³-hybridized carbons (Fsp3) is 0.300. The number of methoxy groups -OCH3 is 3. The van der Waals surface area contributed by atoms with Crippen LogP contribution in [0.1, 0.15) is 28.8 Å². The van der Waals surface area contributed by atoms with Gasteiger partial charge in [0.15, 0.2) is 5.78 Å². The Morgan fingerprint density at radius 2 is 1.46 bits per heavy atom. The smallest absolute Gasteiger partial charge is 0.321 e. The fourth-order valence-electron chi connectivity index (χ4n) is 2.66. The highest BCUT2D eigenvalue weighted by molar-refractivity contribution is 7.00. The summed E-state index contributed by atoms with van der Waals surface area (Å²) in [7, 11) is 6.10. The van der Waals surface area contributed by atoms with Crippen LogP contribution in [-0.4, -0.2) is 39.7 Å². The van der Waals surface area contributed by atoms with Crippen molar-refractivity contribution in [2.24, 2.45) is 0 Å². The normalized spacial score (nSPS) is 10.7. The number of carbonyl (C=O) groups excluding carboxylic acids is 2. The number of hydrogen-bond acceptors (Lipinski definition) is 7. The van der Waals surface area contributed by atoms with Gasteiger partial charge in [0.25, 0.3) is 0 Å². The summed E-state index contributed by atoms with van der Waals surface area (Å²) >= 11 is 0. The summed E-state index contributed by atoms with van der Waals surface area (Å²) < 4.78 is 29.1. The first-order valence-corrected chi connectivity index (χ1v) is 8.74. The maximum atomic E-state index is 13.3. The van der Waals surface area contributed by atoms with Crippen LogP contribution in [0.3, 0.4) is 0 Å². The van der Waals surface area contributed by atoms with Gasteiger partial charge in [0.2, 0.25) is 0 Å². The highest BCUT2D eigenvalue weighted by atomic mass is 31.0. The third-order valence-electron chi connectivity index (χ3n) is 3.88. The third-order valence-corrected chi connectivity index (χ3v) is 3.88. The maximum Gasteiger partial charge on any atom is 0.321 e. The lowest BCUT2D eigenvalue weighted by molar-refractivity contribution is -0.143. The molecule has 1 unspecified atom stereocenters. The van der Waals surface area contributed by atoms with Crippen molar-refractivity contribution < 1.29 is 33.1 Å². The van der Waals surface area contributed by atoms with Crippen LogP contribution in [0.5, 0.6) is 17.2 Å². The van der Waals surface area contributed by atoms with Crippen molar-refractivity contribution in [3.8, 4) is 17.2 Å². The van der Waals surface area contributed by atoms with Gasteiger partial charge in [-0.3, -0.25) is 14.2 Å². The summed E-state index contributed by atoms with van der Waals surface area (Å²) in [6.07, 6.45) is 0. The zero-order valence-corrected chi connectivity index (χ0v) is 17.2. The van der Waals surface area contributed by atoms with E-state index >= 15 is 0 Å². The average molecular weight is 406 g/mol. The zero-order chi connectivity index (χ0) is 21.1. The monoisotopic (exact) mass is 406 g/mol. The molecule has 0 N–H and O–H groups in total. The van der Waals surface area contributed by atoms with Crippen molar-refractivity contribution in [2.75, 3.05) is 27.9 Å². The van der Waals surface area contributed by atoms with Crippen LogP contribution in [0.15, 0.2) is 42.5 Å². The van der Waals surface area contributed by atoms with Crippen LogP contribution in [-0.2, 0) is 14.1 Å². The number of benzene rings is 2. The molecule has 2 aromatic carbocycles. The van der Waals surface area contributed by atoms with Crippen LogP contribution >= 0.6 is 9.12 Å². The van der Waals surface area contributed by atoms with Crippen molar-refractivity contribution in [3.05, 3.63) is 53.6 Å². The Morgan fingerprint density at radius 1 is 0.929 bits per heavy atom. The summed E-state index contributed by atoms with van der Waals surface area (Å²) in [5.74, 6) is -1.21. The molecule has 0 saturated carbocycles. The number of esters is 1. The van der Waals surface area contributed by atoms with Crippen molar-refractivity contribution in [1.82, 2.24) is 0 Å². The van der Waals surface area contributed by atoms with Crippen LogP contribution in [0.4, 0.5) is 0 Å². The average Bonchev–Trinajstić information content (AvgIpc) is 2.75. The standard InChI is InChI=1S/C20H22O6.HOP/c1-5-26-20(22)17(13-9-7-6-8-10-13)19(21)18-15(24-3)11-14(23-2)12-16(18)25-4;1-2/h6-12,17H,5H2,1-4H3;2H. The molecule has 28 heavy (non-hydrogen) atoms. The summed E-state index contributed by atoms with van der Waals surface area (Å²) in [6, 6.07) is 11.9. The molecule has 0 aliphatic heterocycles. The quantitative estimate of drug-likeness (QED) is 0.286. The largest absolute Gasteiger partial charge is 0.496 e. The van der Waals surface area contributed by atoms with Gasteiger partial charge in [-0.15, -0.1) is 0 Å². The maximum absolute atomic E-state index is 13.3. The lowest BCUT2D eigenvalue weighted by Crippen LogP contribution is -2.25. The molecule has 0 aromatic heterocycles. The number of carbonyl (C=O) groups is 2. The number of ketones is 1. The van der Waals surface area contributed by atoms with Gasteiger partial charge in [-0.2, -0.15) is 0 Å². The lowest BCUT2D eigenvalue weighted by atomic mass is 9.89. The molecule has 0 heterocycles. The molecule has 150 valence electrons. The highest BCUT2D eigenvalue weighted by Crippen LogP contribution is 2.37. The van der Waals surface area contributed by atoms with Gasteiger partial charge in [0.1, 0.15) is 37.8 Å². The number of hydrogen-bond donors (Lipinski definition) is 0. The van der Waals surface area contributed by atoms with E-state index in [0.717, 1.165) is 0 Å². The predicted molar refractivity (Wildman–Crippen MR) is 105 cm³/mol. The molecule has 8 heteroatoms. The van der Waals surface area contributed by atoms with E-state index in [1.54, 1.807) is 52.4 Å². The Labute approximate surface area is 166 Å². The van der Waals surface area contributed by atoms with E-state index in [2.05, 4.69) is 0 Å². The SMILES string of the molecule is CCOC(=O)C(C(=O)c1c(OC)cc(OC)cc1OC)c1ccccc1.O=P. The number of Topliss-reactive ketones (excluding diaryl/α,β-unsaturated/α-hetero) is 1. The Bertz CT molecular complexity index is 767. The van der Waals surface area contributed by atoms with Gasteiger partial charge in [0.05, 0.1) is 27.9 Å². The highest BCUT2D eigenvalue weighted by Gasteiger charge is 2.34. The van der Waals surface area contributed by atoms with E-state index in [4.69, 9.17) is 23.5 Å². The Morgan fingerprint density at radius 3 is 1.89 bits per heavy atom. The summed E-state index contributed by atoms with van der Waals surface area (Å²) in [5, 5.41) is 0. The van der Waals surface area contributed by atoms with Gasteiger partial charge in [-0.25, -0.2) is 0 Å². The molecule has 0 saturated heterocycles. The molecule has 0 radical (unpaired) electrons. The molecule has 2 rings (SSSR count). The lowest BCUT2D eigenvalue weighted by Gasteiger charge is -2.19. The van der Waals surface area contributed by atoms with E-state index in [1.807, 2.05) is 6.07 Å². The minimum absolute atomic E-state index is 0.165. The fourth-order valence-corrected chi connectivity index (χ4v) is 2.66. The second-order valence-electron chi connectivity index (χ2n) is 5.37. The Hall–Kier alpha value is -2.92. The van der Waals surface area contributed by atoms with Gasteiger partial charge in [-0.1, -0.05) is 30.3 Å². The molecule has 0 bridgehead atoms. The van der Waals surface area contributed by atoms with Crippen LogP contribution in [0.25, 0.3) is 0 Å². The van der Waals surface area contributed by atoms with E-state index in [1.165, 1.54) is 21.3 Å². The van der Waals surface area contributed by atoms with E-state index in [0.29, 0.717) is 11.3 Å². The second-order valence-corrected chi connectivity index (χ2v) is 5.37. The van der Waals surface area contributed by atoms with Gasteiger partial charge in [-0.05, 0) is 12.5 Å². The van der Waals surface area contributed by atoms with Crippen LogP contribution in [0, 0.1) is 0 Å². The summed E-state index contributed by atoms with van der Waals surface area (Å²) in [5.41, 5.74) is 0.702. The third kappa shape index (κ3) is 5.30. The summed E-state index contributed by atoms with van der Waals surface area (Å²) in [4.78, 5) is 25.9. The molecule has 1 atom stereocenters. The van der Waals surface area contributed by atoms with E-state index in [-0.39, 0.29) is 23.7 Å². The minimum Gasteiger partial charge on any atom is -0.496 e. The molecule has 0 aliphatic rings. The molecular weight excluding hydrogens is 383 g/mol. The molecule has 0 amide bonds. The minimum atomic E-state index is -1.12. The topological polar surface area (TPSA) is 88.1 Å². The Balaban J connectivity index is 0.00000190. The van der Waals surface area contributed by atoms with Crippen molar-refractivity contribution >= 4 is 20.9 Å². The molecule has 0 spiro atoms. The molecule has 0 aliphatic carbocycles. The van der Waals surface area contributed by atoms with Crippen molar-refractivity contribution in [2.45, 2.75) is 12.8 Å². The van der Waals surface area contributed by atoms with Gasteiger partial charge < -0.3 is 18.9 Å². The first-order chi connectivity index (χ1) is 13.6. The molecule has 2 aromatic rings. The number of ether oxygens (including phenoxy) is 4. The first-order valence-electron chi connectivity index (χ1n) is 8.33. The second kappa shape index (κ2) is 11.7. The number of rotatable bonds is 8. The zero-order valence-electron chi connectivity index (χ0n) is 16.2. The summed E-state index contributed by atoms with van der Waals surface area (Å²) in [6.45, 7) is 1.87. The van der Waals surface area contributed by atoms with Crippen LogP contribution in [0.2, 0.25) is 0 Å².